The molecule has 1 atom stereocenters. The second-order valence-electron chi connectivity index (χ2n) is 7.95. The normalized spacial score (nSPS) is 16.2. The third-order valence-corrected chi connectivity index (χ3v) is 5.25. The number of aromatic nitrogens is 4. The van der Waals surface area contributed by atoms with Crippen molar-refractivity contribution in [1.82, 2.24) is 25.1 Å². The Bertz CT molecular complexity index is 1050. The summed E-state index contributed by atoms with van der Waals surface area (Å²) < 4.78 is 13.1. The number of nitrogens with zero attached hydrogens (tertiary/aromatic N) is 4. The van der Waals surface area contributed by atoms with E-state index < -0.39 is 0 Å². The molecule has 1 aromatic carbocycles. The van der Waals surface area contributed by atoms with Crippen LogP contribution in [0.1, 0.15) is 30.1 Å². The lowest BCUT2D eigenvalue weighted by Gasteiger charge is -2.32. The monoisotopic (exact) mass is 423 g/mol. The highest BCUT2D eigenvalue weighted by atomic mass is 19.1. The quantitative estimate of drug-likeness (QED) is 0.572. The molecule has 31 heavy (non-hydrogen) atoms. The number of carbonyl (C=O) groups is 1. The zero-order valence-corrected chi connectivity index (χ0v) is 17.7. The van der Waals surface area contributed by atoms with E-state index in [1.165, 1.54) is 12.1 Å². The van der Waals surface area contributed by atoms with Gasteiger partial charge in [0, 0.05) is 42.3 Å². The molecular weight excluding hydrogens is 397 g/mol. The van der Waals surface area contributed by atoms with Crippen molar-refractivity contribution in [2.75, 3.05) is 23.7 Å². The van der Waals surface area contributed by atoms with Crippen molar-refractivity contribution < 1.29 is 9.18 Å². The molecule has 0 aliphatic carbocycles. The van der Waals surface area contributed by atoms with E-state index in [0.29, 0.717) is 42.2 Å². The summed E-state index contributed by atoms with van der Waals surface area (Å²) in [5.74, 6) is 2.09. The number of aryl methyl sites for hydroxylation is 2. The molecule has 0 spiro atoms. The summed E-state index contributed by atoms with van der Waals surface area (Å²) in [5, 5.41) is 13.1. The highest BCUT2D eigenvalue weighted by Gasteiger charge is 2.24. The minimum Gasteiger partial charge on any atom is -0.324 e. The number of anilines is 3. The lowest BCUT2D eigenvalue weighted by Crippen LogP contribution is -2.42. The summed E-state index contributed by atoms with van der Waals surface area (Å²) in [6.45, 7) is 5.17. The highest BCUT2D eigenvalue weighted by molar-refractivity contribution is 5.89. The molecule has 162 valence electrons. The van der Waals surface area contributed by atoms with Crippen LogP contribution in [0.2, 0.25) is 0 Å². The molecule has 0 radical (unpaired) electrons. The van der Waals surface area contributed by atoms with Gasteiger partial charge in [0.05, 0.1) is 0 Å². The predicted octanol–water partition coefficient (Wildman–Crippen LogP) is 4.19. The van der Waals surface area contributed by atoms with E-state index in [9.17, 15) is 9.18 Å². The molecule has 9 heteroatoms. The standard InChI is InChI=1S/C22H26FN7O/c1-14-10-21(29-28-14)27-20-12-19(24-15(2)25-20)11-16-4-3-9-30(13-16)22(31)26-18-7-5-17(23)6-8-18/h5-8,10,12,16H,3-4,9,11,13H2,1-2H3,(H,26,31)(H2,24,25,27,28,29)/t16-/m1/s1. The molecular formula is C22H26FN7O. The van der Waals surface area contributed by atoms with Crippen LogP contribution >= 0.6 is 0 Å². The number of benzene rings is 1. The van der Waals surface area contributed by atoms with Crippen LogP contribution in [0, 0.1) is 25.6 Å². The molecule has 1 aliphatic rings. The van der Waals surface area contributed by atoms with Crippen molar-refractivity contribution >= 4 is 23.4 Å². The number of nitrogens with one attached hydrogen (secondary N) is 3. The molecule has 2 aromatic heterocycles. The number of hydrogen-bond donors (Lipinski definition) is 3. The molecule has 8 nitrogen and oxygen atoms in total. The Morgan fingerprint density at radius 2 is 2.00 bits per heavy atom. The van der Waals surface area contributed by atoms with Gasteiger partial charge in [0.15, 0.2) is 5.82 Å². The Morgan fingerprint density at radius 1 is 1.19 bits per heavy atom. The van der Waals surface area contributed by atoms with Gasteiger partial charge in [-0.25, -0.2) is 19.2 Å². The van der Waals surface area contributed by atoms with Crippen molar-refractivity contribution in [2.45, 2.75) is 33.1 Å². The van der Waals surface area contributed by atoms with Crippen LogP contribution in [0.15, 0.2) is 36.4 Å². The second-order valence-corrected chi connectivity index (χ2v) is 7.95. The molecule has 3 aromatic rings. The third-order valence-electron chi connectivity index (χ3n) is 5.25. The highest BCUT2D eigenvalue weighted by Crippen LogP contribution is 2.23. The predicted molar refractivity (Wildman–Crippen MR) is 117 cm³/mol. The van der Waals surface area contributed by atoms with E-state index in [1.54, 1.807) is 12.1 Å². The molecule has 1 fully saturated rings. The van der Waals surface area contributed by atoms with Gasteiger partial charge in [0.1, 0.15) is 17.5 Å². The van der Waals surface area contributed by atoms with Crippen LogP contribution < -0.4 is 10.6 Å². The topological polar surface area (TPSA) is 98.8 Å². The number of aromatic amines is 1. The van der Waals surface area contributed by atoms with E-state index in [4.69, 9.17) is 0 Å². The first kappa shape index (κ1) is 20.8. The first-order valence-electron chi connectivity index (χ1n) is 10.4. The smallest absolute Gasteiger partial charge is 0.321 e. The lowest BCUT2D eigenvalue weighted by atomic mass is 9.93. The van der Waals surface area contributed by atoms with Crippen LogP contribution in [0.25, 0.3) is 0 Å². The minimum atomic E-state index is -0.326. The van der Waals surface area contributed by atoms with E-state index in [1.807, 2.05) is 30.9 Å². The van der Waals surface area contributed by atoms with Gasteiger partial charge in [0.2, 0.25) is 0 Å². The summed E-state index contributed by atoms with van der Waals surface area (Å²) in [6, 6.07) is 9.49. The number of amides is 2. The van der Waals surface area contributed by atoms with Crippen molar-refractivity contribution in [3.8, 4) is 0 Å². The van der Waals surface area contributed by atoms with Crippen molar-refractivity contribution in [1.29, 1.82) is 0 Å². The SMILES string of the molecule is Cc1nc(C[C@H]2CCCN(C(=O)Nc3ccc(F)cc3)C2)cc(Nc2cc(C)[nH]n2)n1. The van der Waals surface area contributed by atoms with E-state index >= 15 is 0 Å². The van der Waals surface area contributed by atoms with Gasteiger partial charge in [-0.05, 0) is 63.3 Å². The number of likely N-dealkylation sites (tertiary alicyclic amines) is 1. The molecule has 4 rings (SSSR count). The zero-order chi connectivity index (χ0) is 21.8. The number of H-pyrrole nitrogens is 1. The van der Waals surface area contributed by atoms with Gasteiger partial charge in [-0.1, -0.05) is 0 Å². The Labute approximate surface area is 180 Å². The fourth-order valence-corrected chi connectivity index (χ4v) is 3.86. The molecule has 0 bridgehead atoms. The Balaban J connectivity index is 1.38. The minimum absolute atomic E-state index is 0.161. The first-order chi connectivity index (χ1) is 14.9. The van der Waals surface area contributed by atoms with E-state index in [-0.39, 0.29) is 11.8 Å². The third kappa shape index (κ3) is 5.56. The lowest BCUT2D eigenvalue weighted by molar-refractivity contribution is 0.177. The van der Waals surface area contributed by atoms with Crippen LogP contribution in [-0.4, -0.2) is 44.2 Å². The molecule has 1 saturated heterocycles. The maximum Gasteiger partial charge on any atom is 0.321 e. The van der Waals surface area contributed by atoms with Crippen LogP contribution in [0.4, 0.5) is 26.5 Å². The van der Waals surface area contributed by atoms with Gasteiger partial charge >= 0.3 is 6.03 Å². The van der Waals surface area contributed by atoms with Gasteiger partial charge in [-0.3, -0.25) is 5.10 Å². The van der Waals surface area contributed by atoms with Gasteiger partial charge < -0.3 is 15.5 Å². The maximum atomic E-state index is 13.1. The van der Waals surface area contributed by atoms with Crippen molar-refractivity contribution in [2.24, 2.45) is 5.92 Å². The summed E-state index contributed by atoms with van der Waals surface area (Å²) >= 11 is 0. The summed E-state index contributed by atoms with van der Waals surface area (Å²) in [6.07, 6.45) is 2.73. The summed E-state index contributed by atoms with van der Waals surface area (Å²) in [5.41, 5.74) is 2.49. The second kappa shape index (κ2) is 9.11. The van der Waals surface area contributed by atoms with E-state index in [2.05, 4.69) is 30.8 Å². The maximum absolute atomic E-state index is 13.1. The van der Waals surface area contributed by atoms with Crippen LogP contribution in [0.5, 0.6) is 0 Å². The molecule has 3 heterocycles. The average Bonchev–Trinajstić information content (AvgIpc) is 3.14. The molecule has 0 unspecified atom stereocenters. The van der Waals surface area contributed by atoms with Gasteiger partial charge in [0.25, 0.3) is 0 Å². The summed E-state index contributed by atoms with van der Waals surface area (Å²) in [7, 11) is 0. The largest absolute Gasteiger partial charge is 0.324 e. The van der Waals surface area contributed by atoms with Crippen molar-refractivity contribution in [3.05, 3.63) is 59.4 Å². The molecule has 0 saturated carbocycles. The fourth-order valence-electron chi connectivity index (χ4n) is 3.86. The summed E-state index contributed by atoms with van der Waals surface area (Å²) in [4.78, 5) is 23.5. The number of carbonyl (C=O) groups excluding carboxylic acids is 1. The average molecular weight is 423 g/mol. The number of rotatable bonds is 5. The Morgan fingerprint density at radius 3 is 2.74 bits per heavy atom. The molecule has 1 aliphatic heterocycles. The Hall–Kier alpha value is -3.49. The van der Waals surface area contributed by atoms with Crippen LogP contribution in [-0.2, 0) is 6.42 Å². The zero-order valence-electron chi connectivity index (χ0n) is 17.7. The number of halogens is 1. The van der Waals surface area contributed by atoms with Crippen LogP contribution in [0.3, 0.4) is 0 Å². The number of piperidine rings is 1. The van der Waals surface area contributed by atoms with Gasteiger partial charge in [-0.2, -0.15) is 5.10 Å². The molecule has 2 amide bonds. The first-order valence-corrected chi connectivity index (χ1v) is 10.4. The molecule has 3 N–H and O–H groups in total. The fraction of sp³-hybridized carbons (Fsp3) is 0.364. The Kier molecular flexibility index (Phi) is 6.11. The van der Waals surface area contributed by atoms with Gasteiger partial charge in [-0.15, -0.1) is 0 Å². The number of urea groups is 1. The van der Waals surface area contributed by atoms with Crippen molar-refractivity contribution in [3.63, 3.8) is 0 Å². The number of hydrogen-bond acceptors (Lipinski definition) is 5. The van der Waals surface area contributed by atoms with E-state index in [0.717, 1.165) is 30.7 Å².